The van der Waals surface area contributed by atoms with Crippen molar-refractivity contribution in [2.75, 3.05) is 0 Å². The van der Waals surface area contributed by atoms with Gasteiger partial charge in [-0.05, 0) is 46.2 Å². The first-order chi connectivity index (χ1) is 10.3. The van der Waals surface area contributed by atoms with Crippen LogP contribution in [0.1, 0.15) is 50.5 Å². The Morgan fingerprint density at radius 2 is 1.52 bits per heavy atom. The summed E-state index contributed by atoms with van der Waals surface area (Å²) in [5, 5.41) is 9.96. The second kappa shape index (κ2) is 5.14. The molecule has 0 fully saturated rings. The van der Waals surface area contributed by atoms with Gasteiger partial charge in [0.2, 0.25) is 0 Å². The number of carbonyl (C=O) groups is 1. The van der Waals surface area contributed by atoms with E-state index in [2.05, 4.69) is 12.6 Å². The zero-order chi connectivity index (χ0) is 17.4. The standard InChI is InChI=1S/C15H17ClO4S3/c1-13(2)19-8-6(12(16)17)9-11(23-14(3,4)20-9)7(10(8)22-13)15(5,18)21/h18,21H,1-5H3. The summed E-state index contributed by atoms with van der Waals surface area (Å²) in [4.78, 5) is 10.9. The lowest BCUT2D eigenvalue weighted by molar-refractivity contribution is 0.106. The van der Waals surface area contributed by atoms with E-state index in [1.807, 2.05) is 27.7 Å². The summed E-state index contributed by atoms with van der Waals surface area (Å²) in [5.41, 5.74) is 0.813. The lowest BCUT2D eigenvalue weighted by Crippen LogP contribution is -2.20. The first kappa shape index (κ1) is 17.6. The van der Waals surface area contributed by atoms with Crippen LogP contribution < -0.4 is 9.47 Å². The van der Waals surface area contributed by atoms with Crippen molar-refractivity contribution in [3.05, 3.63) is 11.1 Å². The molecule has 2 aliphatic heterocycles. The second-order valence-corrected chi connectivity index (χ2v) is 11.0. The van der Waals surface area contributed by atoms with Crippen LogP contribution >= 0.6 is 47.8 Å². The van der Waals surface area contributed by atoms with Gasteiger partial charge in [0, 0.05) is 5.56 Å². The lowest BCUT2D eigenvalue weighted by Gasteiger charge is -2.22. The van der Waals surface area contributed by atoms with Crippen LogP contribution in [0.25, 0.3) is 0 Å². The Balaban J connectivity index is 2.39. The summed E-state index contributed by atoms with van der Waals surface area (Å²) in [6, 6.07) is 0. The van der Waals surface area contributed by atoms with Gasteiger partial charge in [0.1, 0.15) is 10.5 Å². The largest absolute Gasteiger partial charge is 0.475 e. The number of rotatable bonds is 2. The zero-order valence-electron chi connectivity index (χ0n) is 13.3. The number of carbonyl (C=O) groups excluding carboxylic acids is 1. The van der Waals surface area contributed by atoms with Crippen molar-refractivity contribution in [3.8, 4) is 11.5 Å². The molecule has 0 aliphatic carbocycles. The molecule has 1 aromatic carbocycles. The van der Waals surface area contributed by atoms with Crippen LogP contribution in [0.2, 0.25) is 0 Å². The molecular weight excluding hydrogens is 376 g/mol. The summed E-state index contributed by atoms with van der Waals surface area (Å²) >= 11 is 13.0. The third-order valence-electron chi connectivity index (χ3n) is 3.38. The molecule has 0 saturated carbocycles. The molecule has 2 aliphatic rings. The monoisotopic (exact) mass is 392 g/mol. The zero-order valence-corrected chi connectivity index (χ0v) is 16.6. The normalized spacial score (nSPS) is 22.6. The van der Waals surface area contributed by atoms with Crippen molar-refractivity contribution < 1.29 is 19.4 Å². The van der Waals surface area contributed by atoms with Crippen LogP contribution in [0.15, 0.2) is 9.79 Å². The average Bonchev–Trinajstić information content (AvgIpc) is 2.75. The van der Waals surface area contributed by atoms with E-state index in [-0.39, 0.29) is 5.56 Å². The van der Waals surface area contributed by atoms with Crippen LogP contribution in [0.4, 0.5) is 0 Å². The highest BCUT2D eigenvalue weighted by Gasteiger charge is 2.47. The maximum atomic E-state index is 12.1. The SMILES string of the molecule is CC1(C)Oc2c(c(C(C)(O)S)c3c(c2C(=O)Cl)OC(C)(C)S3)S1. The fourth-order valence-corrected chi connectivity index (χ4v) is 5.81. The highest BCUT2D eigenvalue weighted by molar-refractivity contribution is 8.01. The first-order valence-electron chi connectivity index (χ1n) is 6.97. The smallest absolute Gasteiger partial charge is 0.260 e. The molecule has 8 heteroatoms. The molecule has 1 N–H and O–H groups in total. The molecule has 1 atom stereocenters. The predicted octanol–water partition coefficient (Wildman–Crippen LogP) is 4.60. The number of thioether (sulfide) groups is 2. The summed E-state index contributed by atoms with van der Waals surface area (Å²) < 4.78 is 11.9. The van der Waals surface area contributed by atoms with E-state index in [1.165, 1.54) is 23.5 Å². The van der Waals surface area contributed by atoms with E-state index in [1.54, 1.807) is 6.92 Å². The highest BCUT2D eigenvalue weighted by Crippen LogP contribution is 2.62. The van der Waals surface area contributed by atoms with Crippen molar-refractivity contribution in [3.63, 3.8) is 0 Å². The van der Waals surface area contributed by atoms with Gasteiger partial charge >= 0.3 is 0 Å². The highest BCUT2D eigenvalue weighted by atomic mass is 35.5. The lowest BCUT2D eigenvalue weighted by atomic mass is 10.0. The van der Waals surface area contributed by atoms with E-state index in [0.717, 1.165) is 0 Å². The topological polar surface area (TPSA) is 55.8 Å². The number of hydrogen-bond acceptors (Lipinski definition) is 7. The average molecular weight is 393 g/mol. The minimum atomic E-state index is -1.41. The number of thiol groups is 1. The third-order valence-corrected chi connectivity index (χ3v) is 6.13. The molecule has 3 rings (SSSR count). The molecular formula is C15H17ClO4S3. The molecule has 0 bridgehead atoms. The Morgan fingerprint density at radius 1 is 1.13 bits per heavy atom. The molecule has 0 saturated heterocycles. The molecule has 0 spiro atoms. The number of halogens is 1. The Bertz CT molecular complexity index is 677. The van der Waals surface area contributed by atoms with E-state index in [0.29, 0.717) is 26.9 Å². The third kappa shape index (κ3) is 2.95. The van der Waals surface area contributed by atoms with E-state index in [4.69, 9.17) is 21.1 Å². The number of benzene rings is 1. The first-order valence-corrected chi connectivity index (χ1v) is 9.43. The minimum absolute atomic E-state index is 0.217. The van der Waals surface area contributed by atoms with Gasteiger partial charge in [-0.1, -0.05) is 23.5 Å². The van der Waals surface area contributed by atoms with Crippen molar-refractivity contribution in [1.82, 2.24) is 0 Å². The number of hydrogen-bond donors (Lipinski definition) is 2. The summed E-state index contributed by atoms with van der Waals surface area (Å²) in [7, 11) is 0. The van der Waals surface area contributed by atoms with E-state index >= 15 is 0 Å². The molecule has 2 heterocycles. The predicted molar refractivity (Wildman–Crippen MR) is 96.3 cm³/mol. The van der Waals surface area contributed by atoms with Crippen LogP contribution in [-0.2, 0) is 4.93 Å². The molecule has 23 heavy (non-hydrogen) atoms. The van der Waals surface area contributed by atoms with Crippen LogP contribution in [0.3, 0.4) is 0 Å². The number of fused-ring (bicyclic) bond motifs is 2. The maximum Gasteiger partial charge on any atom is 0.260 e. The Kier molecular flexibility index (Phi) is 3.94. The Labute approximate surface area is 154 Å². The summed E-state index contributed by atoms with van der Waals surface area (Å²) in [6.07, 6.45) is 0. The molecule has 1 aromatic rings. The Morgan fingerprint density at radius 3 is 1.83 bits per heavy atom. The fourth-order valence-electron chi connectivity index (χ4n) is 2.68. The van der Waals surface area contributed by atoms with E-state index < -0.39 is 20.0 Å². The summed E-state index contributed by atoms with van der Waals surface area (Å²) in [6.45, 7) is 9.15. The van der Waals surface area contributed by atoms with Gasteiger partial charge in [0.15, 0.2) is 21.4 Å². The van der Waals surface area contributed by atoms with Crippen molar-refractivity contribution in [2.45, 2.75) is 59.2 Å². The molecule has 0 radical (unpaired) electrons. The molecule has 0 amide bonds. The van der Waals surface area contributed by atoms with Gasteiger partial charge in [-0.25, -0.2) is 0 Å². The van der Waals surface area contributed by atoms with Gasteiger partial charge in [-0.3, -0.25) is 4.79 Å². The molecule has 126 valence electrons. The van der Waals surface area contributed by atoms with Gasteiger partial charge in [-0.15, -0.1) is 12.6 Å². The quantitative estimate of drug-likeness (QED) is 0.435. The molecule has 4 nitrogen and oxygen atoms in total. The van der Waals surface area contributed by atoms with Crippen LogP contribution in [-0.4, -0.2) is 20.2 Å². The van der Waals surface area contributed by atoms with Crippen LogP contribution in [0, 0.1) is 0 Å². The van der Waals surface area contributed by atoms with Crippen LogP contribution in [0.5, 0.6) is 11.5 Å². The van der Waals surface area contributed by atoms with Crippen molar-refractivity contribution >= 4 is 53.0 Å². The molecule has 1 unspecified atom stereocenters. The van der Waals surface area contributed by atoms with Gasteiger partial charge in [0.25, 0.3) is 5.24 Å². The maximum absolute atomic E-state index is 12.1. The second-order valence-electron chi connectivity index (χ2n) is 6.57. The van der Waals surface area contributed by atoms with Crippen molar-refractivity contribution in [2.24, 2.45) is 0 Å². The molecule has 0 aromatic heterocycles. The number of aliphatic hydroxyl groups is 1. The Hall–Kier alpha value is -0.210. The number of ether oxygens (including phenoxy) is 2. The van der Waals surface area contributed by atoms with Gasteiger partial charge < -0.3 is 14.6 Å². The van der Waals surface area contributed by atoms with Gasteiger partial charge in [0.05, 0.1) is 9.79 Å². The van der Waals surface area contributed by atoms with Crippen molar-refractivity contribution in [1.29, 1.82) is 0 Å². The van der Waals surface area contributed by atoms with E-state index in [9.17, 15) is 9.90 Å². The van der Waals surface area contributed by atoms with Gasteiger partial charge in [-0.2, -0.15) is 0 Å². The minimum Gasteiger partial charge on any atom is -0.475 e. The fraction of sp³-hybridized carbons (Fsp3) is 0.533. The summed E-state index contributed by atoms with van der Waals surface area (Å²) in [5.74, 6) is 0.725.